The number of carbonyl (C=O) groups is 2. The summed E-state index contributed by atoms with van der Waals surface area (Å²) in [5.41, 5.74) is 3.92. The Labute approximate surface area is 200 Å². The van der Waals surface area contributed by atoms with Crippen LogP contribution in [0.4, 0.5) is 10.5 Å². The van der Waals surface area contributed by atoms with Gasteiger partial charge in [0.1, 0.15) is 18.1 Å². The lowest BCUT2D eigenvalue weighted by Gasteiger charge is -2.26. The first-order valence-corrected chi connectivity index (χ1v) is 11.6. The van der Waals surface area contributed by atoms with Crippen LogP contribution in [0.5, 0.6) is 5.75 Å². The Bertz CT molecular complexity index is 1120. The van der Waals surface area contributed by atoms with E-state index in [2.05, 4.69) is 5.32 Å². The van der Waals surface area contributed by atoms with Gasteiger partial charge in [0.2, 0.25) is 5.91 Å². The topological polar surface area (TPSA) is 75.0 Å². The highest BCUT2D eigenvalue weighted by Gasteiger charge is 2.23. The lowest BCUT2D eigenvalue weighted by molar-refractivity contribution is -0.121. The number of carbonyl (C=O) groups excluding carboxylic acids is 2. The number of urea groups is 1. The second-order valence-corrected chi connectivity index (χ2v) is 8.86. The van der Waals surface area contributed by atoms with Crippen LogP contribution in [0.3, 0.4) is 0 Å². The summed E-state index contributed by atoms with van der Waals surface area (Å²) in [6.45, 7) is 7.95. The van der Waals surface area contributed by atoms with Crippen LogP contribution in [-0.4, -0.2) is 30.0 Å². The number of ether oxygens (including phenoxy) is 1. The van der Waals surface area contributed by atoms with Crippen LogP contribution in [0.2, 0.25) is 0 Å². The van der Waals surface area contributed by atoms with Gasteiger partial charge < -0.3 is 24.3 Å². The van der Waals surface area contributed by atoms with E-state index in [1.165, 1.54) is 0 Å². The van der Waals surface area contributed by atoms with Crippen molar-refractivity contribution in [1.29, 1.82) is 0 Å². The first kappa shape index (κ1) is 23.4. The Kier molecular flexibility index (Phi) is 7.21. The van der Waals surface area contributed by atoms with Gasteiger partial charge in [0.25, 0.3) is 0 Å². The van der Waals surface area contributed by atoms with Gasteiger partial charge in [-0.25, -0.2) is 4.79 Å². The summed E-state index contributed by atoms with van der Waals surface area (Å²) in [6, 6.07) is 17.4. The number of hydrogen-bond donors (Lipinski definition) is 1. The number of aryl methyl sites for hydroxylation is 1. The summed E-state index contributed by atoms with van der Waals surface area (Å²) in [4.78, 5) is 29.3. The van der Waals surface area contributed by atoms with Crippen LogP contribution in [0.25, 0.3) is 0 Å². The van der Waals surface area contributed by atoms with Crippen molar-refractivity contribution in [3.05, 3.63) is 83.3 Å². The van der Waals surface area contributed by atoms with Crippen molar-refractivity contribution in [2.24, 2.45) is 5.92 Å². The third-order valence-electron chi connectivity index (χ3n) is 5.83. The van der Waals surface area contributed by atoms with Gasteiger partial charge in [0.05, 0.1) is 32.4 Å². The number of anilines is 1. The Morgan fingerprint density at radius 2 is 1.91 bits per heavy atom. The summed E-state index contributed by atoms with van der Waals surface area (Å²) in [7, 11) is 0. The predicted octanol–water partition coefficient (Wildman–Crippen LogP) is 4.88. The Balaban J connectivity index is 1.51. The molecular weight excluding hydrogens is 430 g/mol. The molecule has 2 aromatic carbocycles. The molecule has 0 saturated heterocycles. The first-order valence-electron chi connectivity index (χ1n) is 11.6. The molecule has 34 heavy (non-hydrogen) atoms. The Hall–Kier alpha value is -3.74. The van der Waals surface area contributed by atoms with E-state index in [0.717, 1.165) is 28.1 Å². The Morgan fingerprint density at radius 1 is 1.12 bits per heavy atom. The van der Waals surface area contributed by atoms with Crippen molar-refractivity contribution in [1.82, 2.24) is 10.2 Å². The number of benzene rings is 2. The summed E-state index contributed by atoms with van der Waals surface area (Å²) < 4.78 is 11.2. The monoisotopic (exact) mass is 461 g/mol. The molecule has 0 bridgehead atoms. The fraction of sp³-hybridized carbons (Fsp3) is 0.333. The fourth-order valence-corrected chi connectivity index (χ4v) is 3.92. The number of amides is 3. The average molecular weight is 462 g/mol. The minimum Gasteiger partial charge on any atom is -0.491 e. The number of hydrogen-bond acceptors (Lipinski definition) is 4. The van der Waals surface area contributed by atoms with Gasteiger partial charge >= 0.3 is 6.03 Å². The van der Waals surface area contributed by atoms with Crippen molar-refractivity contribution in [3.63, 3.8) is 0 Å². The van der Waals surface area contributed by atoms with Crippen molar-refractivity contribution in [2.45, 2.75) is 40.4 Å². The molecule has 3 aromatic rings. The second-order valence-electron chi connectivity index (χ2n) is 8.86. The highest BCUT2D eigenvalue weighted by Crippen LogP contribution is 2.27. The standard InChI is InChI=1S/C27H31N3O4/c1-19(2)26(31)30(23-9-6-20(3)7-10-23)17-21-8-11-25-22(15-21)18-29(12-14-34-25)27(32)28-16-24-5-4-13-33-24/h4-11,13,15,19H,12,14,16-18H2,1-3H3,(H,28,32). The summed E-state index contributed by atoms with van der Waals surface area (Å²) in [6.07, 6.45) is 1.59. The van der Waals surface area contributed by atoms with Crippen LogP contribution in [-0.2, 0) is 24.4 Å². The maximum atomic E-state index is 13.0. The highest BCUT2D eigenvalue weighted by molar-refractivity contribution is 5.94. The normalized spacial score (nSPS) is 13.1. The van der Waals surface area contributed by atoms with Crippen molar-refractivity contribution in [2.75, 3.05) is 18.1 Å². The maximum absolute atomic E-state index is 13.0. The number of nitrogens with one attached hydrogen (secondary N) is 1. The lowest BCUT2D eigenvalue weighted by atomic mass is 10.1. The molecule has 0 saturated carbocycles. The molecule has 7 nitrogen and oxygen atoms in total. The van der Waals surface area contributed by atoms with Crippen LogP contribution >= 0.6 is 0 Å². The SMILES string of the molecule is Cc1ccc(N(Cc2ccc3c(c2)CN(C(=O)NCc2ccco2)CCO3)C(=O)C(C)C)cc1. The van der Waals surface area contributed by atoms with Gasteiger partial charge in [-0.05, 0) is 48.9 Å². The van der Waals surface area contributed by atoms with Gasteiger partial charge in [-0.15, -0.1) is 0 Å². The molecule has 3 amide bonds. The molecule has 0 atom stereocenters. The molecule has 2 heterocycles. The molecule has 4 rings (SSSR count). The molecule has 7 heteroatoms. The molecule has 1 N–H and O–H groups in total. The van der Waals surface area contributed by atoms with E-state index < -0.39 is 0 Å². The van der Waals surface area contributed by atoms with E-state index in [-0.39, 0.29) is 17.9 Å². The van der Waals surface area contributed by atoms with Crippen LogP contribution in [0.15, 0.2) is 65.3 Å². The summed E-state index contributed by atoms with van der Waals surface area (Å²) in [5, 5.41) is 2.90. The van der Waals surface area contributed by atoms with Gasteiger partial charge in [0, 0.05) is 17.2 Å². The van der Waals surface area contributed by atoms with Gasteiger partial charge in [-0.2, -0.15) is 0 Å². The van der Waals surface area contributed by atoms with E-state index >= 15 is 0 Å². The minimum atomic E-state index is -0.172. The number of furan rings is 1. The van der Waals surface area contributed by atoms with Crippen LogP contribution in [0, 0.1) is 12.8 Å². The molecule has 0 aliphatic carbocycles. The lowest BCUT2D eigenvalue weighted by Crippen LogP contribution is -2.40. The number of nitrogens with zero attached hydrogens (tertiary/aromatic N) is 2. The van der Waals surface area contributed by atoms with E-state index in [9.17, 15) is 9.59 Å². The fourth-order valence-electron chi connectivity index (χ4n) is 3.92. The van der Waals surface area contributed by atoms with Gasteiger partial charge in [-0.1, -0.05) is 37.6 Å². The summed E-state index contributed by atoms with van der Waals surface area (Å²) >= 11 is 0. The molecule has 0 spiro atoms. The molecule has 0 fully saturated rings. The maximum Gasteiger partial charge on any atom is 0.318 e. The van der Waals surface area contributed by atoms with E-state index in [1.807, 2.05) is 74.2 Å². The minimum absolute atomic E-state index is 0.0639. The zero-order valence-corrected chi connectivity index (χ0v) is 19.9. The van der Waals surface area contributed by atoms with Crippen molar-refractivity contribution < 1.29 is 18.7 Å². The zero-order valence-electron chi connectivity index (χ0n) is 19.9. The second kappa shape index (κ2) is 10.5. The molecule has 1 aliphatic rings. The third-order valence-corrected chi connectivity index (χ3v) is 5.83. The zero-order chi connectivity index (χ0) is 24.1. The van der Waals surface area contributed by atoms with Crippen molar-refractivity contribution >= 4 is 17.6 Å². The molecule has 0 unspecified atom stereocenters. The van der Waals surface area contributed by atoms with E-state index in [0.29, 0.717) is 38.5 Å². The smallest absolute Gasteiger partial charge is 0.318 e. The predicted molar refractivity (Wildman–Crippen MR) is 130 cm³/mol. The number of rotatable bonds is 6. The van der Waals surface area contributed by atoms with Gasteiger partial charge in [0.15, 0.2) is 0 Å². The molecule has 1 aromatic heterocycles. The van der Waals surface area contributed by atoms with E-state index in [4.69, 9.17) is 9.15 Å². The first-order chi connectivity index (χ1) is 16.4. The third kappa shape index (κ3) is 5.60. The Morgan fingerprint density at radius 3 is 2.62 bits per heavy atom. The molecule has 1 aliphatic heterocycles. The highest BCUT2D eigenvalue weighted by atomic mass is 16.5. The quantitative estimate of drug-likeness (QED) is 0.568. The van der Waals surface area contributed by atoms with E-state index in [1.54, 1.807) is 17.2 Å². The summed E-state index contributed by atoms with van der Waals surface area (Å²) in [5.74, 6) is 1.41. The molecular formula is C27H31N3O4. The average Bonchev–Trinajstić information content (AvgIpc) is 3.26. The molecule has 0 radical (unpaired) electrons. The number of fused-ring (bicyclic) bond motifs is 1. The van der Waals surface area contributed by atoms with Crippen molar-refractivity contribution in [3.8, 4) is 5.75 Å². The van der Waals surface area contributed by atoms with Gasteiger partial charge in [-0.3, -0.25) is 4.79 Å². The van der Waals surface area contributed by atoms with Crippen LogP contribution < -0.4 is 15.0 Å². The molecule has 178 valence electrons. The largest absolute Gasteiger partial charge is 0.491 e. The van der Waals surface area contributed by atoms with Crippen LogP contribution in [0.1, 0.15) is 36.3 Å².